The first-order valence-corrected chi connectivity index (χ1v) is 11.8. The molecule has 0 fully saturated rings. The number of hydrogen-bond donors (Lipinski definition) is 2. The number of carbonyl (C=O) groups is 1. The Labute approximate surface area is 224 Å². The summed E-state index contributed by atoms with van der Waals surface area (Å²) < 4.78 is 69.5. The number of benzene rings is 3. The second-order valence-electron chi connectivity index (χ2n) is 8.39. The van der Waals surface area contributed by atoms with E-state index in [9.17, 15) is 26.7 Å². The van der Waals surface area contributed by atoms with E-state index in [0.29, 0.717) is 16.7 Å². The smallest absolute Gasteiger partial charge is 0.322 e. The minimum Gasteiger partial charge on any atom is -0.322 e. The van der Waals surface area contributed by atoms with Crippen LogP contribution in [0.3, 0.4) is 0 Å². The van der Waals surface area contributed by atoms with Crippen molar-refractivity contribution in [3.63, 3.8) is 0 Å². The number of halogens is 7. The Morgan fingerprint density at radius 2 is 1.55 bits per heavy atom. The molecule has 0 aliphatic rings. The lowest BCUT2D eigenvalue weighted by Crippen LogP contribution is -2.50. The molecule has 3 aromatic carbocycles. The summed E-state index contributed by atoms with van der Waals surface area (Å²) in [7, 11) is 0. The van der Waals surface area contributed by atoms with Gasteiger partial charge in [-0.3, -0.25) is 4.98 Å². The summed E-state index contributed by atoms with van der Waals surface area (Å²) in [6.45, 7) is 0. The zero-order chi connectivity index (χ0) is 27.5. The van der Waals surface area contributed by atoms with E-state index >= 15 is 0 Å². The Balaban J connectivity index is 1.92. The van der Waals surface area contributed by atoms with E-state index in [0.717, 1.165) is 18.2 Å². The summed E-state index contributed by atoms with van der Waals surface area (Å²) in [5.74, 6) is -1.79. The third-order valence-electron chi connectivity index (χ3n) is 5.65. The molecule has 0 aliphatic carbocycles. The maximum Gasteiger partial charge on any atom is 0.416 e. The summed E-state index contributed by atoms with van der Waals surface area (Å²) in [5, 5.41) is 5.69. The Morgan fingerprint density at radius 3 is 2.21 bits per heavy atom. The van der Waals surface area contributed by atoms with Crippen molar-refractivity contribution in [2.24, 2.45) is 0 Å². The van der Waals surface area contributed by atoms with E-state index in [-0.39, 0.29) is 28.4 Å². The monoisotopic (exact) mass is 565 g/mol. The van der Waals surface area contributed by atoms with Gasteiger partial charge in [0.1, 0.15) is 17.2 Å². The van der Waals surface area contributed by atoms with E-state index < -0.39 is 34.9 Å². The van der Waals surface area contributed by atoms with Gasteiger partial charge in [0, 0.05) is 23.3 Å². The molecule has 1 aromatic heterocycles. The van der Waals surface area contributed by atoms with Gasteiger partial charge in [-0.25, -0.2) is 13.6 Å². The highest BCUT2D eigenvalue weighted by atomic mass is 35.5. The number of urea groups is 1. The molecule has 196 valence electrons. The van der Waals surface area contributed by atoms with Crippen LogP contribution >= 0.6 is 23.2 Å². The molecule has 38 heavy (non-hydrogen) atoms. The van der Waals surface area contributed by atoms with Crippen molar-refractivity contribution in [3.8, 4) is 0 Å². The topological polar surface area (TPSA) is 54.0 Å². The first kappa shape index (κ1) is 27.3. The fraction of sp³-hybridized carbons (Fsp3) is 0.111. The Hall–Kier alpha value is -3.69. The van der Waals surface area contributed by atoms with Crippen molar-refractivity contribution in [1.82, 2.24) is 10.3 Å². The fourth-order valence-electron chi connectivity index (χ4n) is 4.02. The number of anilines is 1. The van der Waals surface area contributed by atoms with Crippen molar-refractivity contribution >= 4 is 34.9 Å². The maximum atomic E-state index is 14.7. The number of hydrogen-bond acceptors (Lipinski definition) is 2. The zero-order valence-electron chi connectivity index (χ0n) is 19.3. The maximum absolute atomic E-state index is 14.7. The largest absolute Gasteiger partial charge is 0.416 e. The number of pyridine rings is 1. The average molecular weight is 566 g/mol. The number of nitrogens with zero attached hydrogens (tertiary/aromatic N) is 1. The van der Waals surface area contributed by atoms with Crippen LogP contribution in [0.2, 0.25) is 10.0 Å². The lowest BCUT2D eigenvalue weighted by atomic mass is 9.79. The molecule has 11 heteroatoms. The lowest BCUT2D eigenvalue weighted by molar-refractivity contribution is -0.137. The summed E-state index contributed by atoms with van der Waals surface area (Å²) in [6, 6.07) is 15.4. The van der Waals surface area contributed by atoms with Gasteiger partial charge in [-0.1, -0.05) is 41.4 Å². The number of alkyl halides is 3. The molecular formula is C27H18Cl2F5N3O. The highest BCUT2D eigenvalue weighted by Crippen LogP contribution is 2.38. The second-order valence-corrected chi connectivity index (χ2v) is 9.26. The van der Waals surface area contributed by atoms with Gasteiger partial charge in [-0.2, -0.15) is 13.2 Å². The molecule has 0 saturated heterocycles. The van der Waals surface area contributed by atoms with Gasteiger partial charge in [0.05, 0.1) is 16.3 Å². The minimum atomic E-state index is -4.88. The van der Waals surface area contributed by atoms with E-state index in [4.69, 9.17) is 23.2 Å². The molecule has 2 N–H and O–H groups in total. The lowest BCUT2D eigenvalue weighted by Gasteiger charge is -2.36. The standard InChI is InChI=1S/C27H18Cl2F5N3O/c28-19-4-1-3-16(9-19)14-26(24-8-7-20(29)15-35-24,17-10-18(27(32,33)34)12-22(31)11-17)37-25(38)36-23-6-2-5-21(30)13-23/h1-13,15H,14H2,(H2,36,37,38)/t26-/m1/s1. The zero-order valence-corrected chi connectivity index (χ0v) is 20.8. The van der Waals surface area contributed by atoms with Gasteiger partial charge in [0.15, 0.2) is 0 Å². The van der Waals surface area contributed by atoms with Crippen LogP contribution in [0.4, 0.5) is 32.4 Å². The van der Waals surface area contributed by atoms with Crippen LogP contribution in [-0.4, -0.2) is 11.0 Å². The van der Waals surface area contributed by atoms with Crippen molar-refractivity contribution in [2.45, 2.75) is 18.1 Å². The first-order valence-electron chi connectivity index (χ1n) is 11.0. The minimum absolute atomic E-state index is 0.0648. The molecular weight excluding hydrogens is 548 g/mol. The molecule has 0 spiro atoms. The van der Waals surface area contributed by atoms with Gasteiger partial charge >= 0.3 is 12.2 Å². The third-order valence-corrected chi connectivity index (χ3v) is 6.11. The van der Waals surface area contributed by atoms with Crippen LogP contribution in [0.5, 0.6) is 0 Å². The van der Waals surface area contributed by atoms with Gasteiger partial charge in [0.25, 0.3) is 0 Å². The molecule has 0 bridgehead atoms. The molecule has 1 atom stereocenters. The van der Waals surface area contributed by atoms with Crippen LogP contribution in [0, 0.1) is 11.6 Å². The van der Waals surface area contributed by atoms with Crippen molar-refractivity contribution < 1.29 is 26.7 Å². The van der Waals surface area contributed by atoms with Crippen molar-refractivity contribution in [3.05, 3.63) is 129 Å². The predicted octanol–water partition coefficient (Wildman–Crippen LogP) is 7.99. The summed E-state index contributed by atoms with van der Waals surface area (Å²) in [6.07, 6.45) is -3.81. The van der Waals surface area contributed by atoms with Crippen LogP contribution in [0.15, 0.2) is 85.1 Å². The molecule has 2 amide bonds. The highest BCUT2D eigenvalue weighted by molar-refractivity contribution is 6.30. The molecule has 0 radical (unpaired) electrons. The first-order chi connectivity index (χ1) is 17.9. The molecule has 4 nitrogen and oxygen atoms in total. The van der Waals surface area contributed by atoms with Crippen molar-refractivity contribution in [2.75, 3.05) is 5.32 Å². The van der Waals surface area contributed by atoms with E-state index in [1.54, 1.807) is 24.3 Å². The Bertz CT molecular complexity index is 1460. The Morgan fingerprint density at radius 1 is 0.816 bits per heavy atom. The molecule has 0 unspecified atom stereocenters. The third kappa shape index (κ3) is 6.41. The molecule has 1 heterocycles. The van der Waals surface area contributed by atoms with Gasteiger partial charge < -0.3 is 10.6 Å². The van der Waals surface area contributed by atoms with E-state index in [1.807, 2.05) is 0 Å². The normalized spacial score (nSPS) is 13.0. The summed E-state index contributed by atoms with van der Waals surface area (Å²) in [5.41, 5.74) is -2.71. The quantitative estimate of drug-likeness (QED) is 0.233. The predicted molar refractivity (Wildman–Crippen MR) is 135 cm³/mol. The SMILES string of the molecule is O=C(Nc1cccc(F)c1)N[C@](Cc1cccc(Cl)c1)(c1cc(F)cc(C(F)(F)F)c1)c1ccc(Cl)cn1. The Kier molecular flexibility index (Phi) is 7.89. The molecule has 4 aromatic rings. The second kappa shape index (κ2) is 11.0. The number of nitrogens with one attached hydrogen (secondary N) is 2. The molecule has 4 rings (SSSR count). The van der Waals surface area contributed by atoms with Crippen molar-refractivity contribution in [1.29, 1.82) is 0 Å². The number of carbonyl (C=O) groups excluding carboxylic acids is 1. The fourth-order valence-corrected chi connectivity index (χ4v) is 4.35. The van der Waals surface area contributed by atoms with E-state index in [1.165, 1.54) is 36.5 Å². The number of aromatic nitrogens is 1. The van der Waals surface area contributed by atoms with Gasteiger partial charge in [-0.15, -0.1) is 0 Å². The average Bonchev–Trinajstić information content (AvgIpc) is 2.83. The van der Waals surface area contributed by atoms with E-state index in [2.05, 4.69) is 15.6 Å². The number of rotatable bonds is 6. The van der Waals surface area contributed by atoms with Crippen LogP contribution < -0.4 is 10.6 Å². The van der Waals surface area contributed by atoms with Crippen LogP contribution in [-0.2, 0) is 18.1 Å². The highest BCUT2D eigenvalue weighted by Gasteiger charge is 2.41. The van der Waals surface area contributed by atoms with Gasteiger partial charge in [0.2, 0.25) is 0 Å². The van der Waals surface area contributed by atoms with Crippen LogP contribution in [0.1, 0.15) is 22.4 Å². The van der Waals surface area contributed by atoms with Gasteiger partial charge in [-0.05, 0) is 71.8 Å². The molecule has 0 saturated carbocycles. The summed E-state index contributed by atoms with van der Waals surface area (Å²) in [4.78, 5) is 17.5. The van der Waals surface area contributed by atoms with Crippen LogP contribution in [0.25, 0.3) is 0 Å². The molecule has 0 aliphatic heterocycles. The summed E-state index contributed by atoms with van der Waals surface area (Å²) >= 11 is 12.2. The number of amides is 2.